The molecule has 0 aliphatic rings. The number of aromatic nitrogens is 3. The third kappa shape index (κ3) is 3.79. The summed E-state index contributed by atoms with van der Waals surface area (Å²) in [5, 5.41) is 27.7. The van der Waals surface area contributed by atoms with Gasteiger partial charge in [0.25, 0.3) is 0 Å². The van der Waals surface area contributed by atoms with Crippen LogP contribution < -0.4 is 11.1 Å². The van der Waals surface area contributed by atoms with Crippen LogP contribution in [0.3, 0.4) is 0 Å². The molecule has 5 N–H and O–H groups in total. The van der Waals surface area contributed by atoms with E-state index >= 15 is 0 Å². The van der Waals surface area contributed by atoms with Gasteiger partial charge in [0.15, 0.2) is 5.60 Å². The topological polar surface area (TPSA) is 143 Å². The first-order chi connectivity index (χ1) is 8.35. The predicted molar refractivity (Wildman–Crippen MR) is 59.2 cm³/mol. The lowest BCUT2D eigenvalue weighted by atomic mass is 10.1. The number of carboxylic acid groups (broad SMARTS) is 1. The van der Waals surface area contributed by atoms with Gasteiger partial charge < -0.3 is 21.3 Å². The molecule has 1 amide bonds. The minimum atomic E-state index is -2.00. The number of aliphatic hydroxyl groups is 1. The van der Waals surface area contributed by atoms with Crippen molar-refractivity contribution in [2.24, 2.45) is 5.73 Å². The SMILES string of the molecule is CC(O)(CNC(=O)Cn1cc(CN)nn1)C(=O)O. The Kier molecular flexibility index (Phi) is 4.34. The van der Waals surface area contributed by atoms with Crippen LogP contribution in [0, 0.1) is 0 Å². The zero-order valence-corrected chi connectivity index (χ0v) is 9.83. The summed E-state index contributed by atoms with van der Waals surface area (Å²) in [6, 6.07) is 0. The Morgan fingerprint density at radius 1 is 1.61 bits per heavy atom. The van der Waals surface area contributed by atoms with E-state index in [1.54, 1.807) is 0 Å². The van der Waals surface area contributed by atoms with Crippen LogP contribution in [-0.4, -0.2) is 49.2 Å². The van der Waals surface area contributed by atoms with E-state index in [1.807, 2.05) is 0 Å². The zero-order valence-electron chi connectivity index (χ0n) is 9.83. The molecule has 1 rings (SSSR count). The fourth-order valence-corrected chi connectivity index (χ4v) is 1.06. The van der Waals surface area contributed by atoms with Crippen LogP contribution >= 0.6 is 0 Å². The standard InChI is InChI=1S/C9H15N5O4/c1-9(18,8(16)17)5-11-7(15)4-14-3-6(2-10)12-13-14/h3,18H,2,4-5,10H2,1H3,(H,11,15)(H,16,17). The van der Waals surface area contributed by atoms with E-state index in [-0.39, 0.29) is 19.6 Å². The van der Waals surface area contributed by atoms with Crippen molar-refractivity contribution in [2.45, 2.75) is 25.6 Å². The lowest BCUT2D eigenvalue weighted by Gasteiger charge is -2.18. The van der Waals surface area contributed by atoms with Gasteiger partial charge in [-0.2, -0.15) is 0 Å². The highest BCUT2D eigenvalue weighted by Gasteiger charge is 2.30. The summed E-state index contributed by atoms with van der Waals surface area (Å²) in [6.07, 6.45) is 1.51. The van der Waals surface area contributed by atoms with Gasteiger partial charge >= 0.3 is 5.97 Å². The van der Waals surface area contributed by atoms with E-state index in [0.29, 0.717) is 5.69 Å². The van der Waals surface area contributed by atoms with Gasteiger partial charge in [-0.3, -0.25) is 4.79 Å². The highest BCUT2D eigenvalue weighted by molar-refractivity contribution is 5.80. The number of hydrogen-bond acceptors (Lipinski definition) is 6. The quantitative estimate of drug-likeness (QED) is 0.448. The van der Waals surface area contributed by atoms with Gasteiger partial charge in [-0.25, -0.2) is 9.48 Å². The molecule has 1 aromatic heterocycles. The van der Waals surface area contributed by atoms with Gasteiger partial charge in [-0.15, -0.1) is 5.10 Å². The number of hydrogen-bond donors (Lipinski definition) is 4. The number of carbonyl (C=O) groups excluding carboxylic acids is 1. The van der Waals surface area contributed by atoms with Crippen molar-refractivity contribution in [2.75, 3.05) is 6.54 Å². The summed E-state index contributed by atoms with van der Waals surface area (Å²) in [5.74, 6) is -1.89. The molecule has 1 unspecified atom stereocenters. The maximum Gasteiger partial charge on any atom is 0.337 e. The Labute approximate surface area is 103 Å². The Bertz CT molecular complexity index is 442. The van der Waals surface area contributed by atoms with E-state index in [1.165, 1.54) is 10.9 Å². The van der Waals surface area contributed by atoms with E-state index in [4.69, 9.17) is 10.8 Å². The molecule has 0 aliphatic carbocycles. The van der Waals surface area contributed by atoms with Crippen LogP contribution in [0.4, 0.5) is 0 Å². The van der Waals surface area contributed by atoms with Gasteiger partial charge in [0.05, 0.1) is 18.4 Å². The number of amides is 1. The number of carboxylic acids is 1. The second-order valence-corrected chi connectivity index (χ2v) is 3.97. The van der Waals surface area contributed by atoms with E-state index in [0.717, 1.165) is 6.92 Å². The number of nitrogens with two attached hydrogens (primary N) is 1. The lowest BCUT2D eigenvalue weighted by molar-refractivity contribution is -0.156. The predicted octanol–water partition coefficient (Wildman–Crippen LogP) is -2.31. The second kappa shape index (κ2) is 5.56. The van der Waals surface area contributed by atoms with Crippen molar-refractivity contribution in [3.8, 4) is 0 Å². The largest absolute Gasteiger partial charge is 0.479 e. The number of nitrogens with zero attached hydrogens (tertiary/aromatic N) is 3. The minimum Gasteiger partial charge on any atom is -0.479 e. The molecular formula is C9H15N5O4. The summed E-state index contributed by atoms with van der Waals surface area (Å²) < 4.78 is 1.27. The highest BCUT2D eigenvalue weighted by Crippen LogP contribution is 2.00. The van der Waals surface area contributed by atoms with Crippen molar-refractivity contribution < 1.29 is 19.8 Å². The molecule has 0 aliphatic heterocycles. The van der Waals surface area contributed by atoms with Gasteiger partial charge in [0, 0.05) is 6.54 Å². The number of nitrogens with one attached hydrogen (secondary N) is 1. The average Bonchev–Trinajstić information content (AvgIpc) is 2.74. The van der Waals surface area contributed by atoms with Gasteiger partial charge in [0.2, 0.25) is 5.91 Å². The van der Waals surface area contributed by atoms with Crippen LogP contribution in [-0.2, 0) is 22.7 Å². The van der Waals surface area contributed by atoms with Crippen LogP contribution in [0.1, 0.15) is 12.6 Å². The first kappa shape index (κ1) is 14.1. The second-order valence-electron chi connectivity index (χ2n) is 3.97. The summed E-state index contributed by atoms with van der Waals surface area (Å²) in [7, 11) is 0. The van der Waals surface area contributed by atoms with Crippen LogP contribution in [0.25, 0.3) is 0 Å². The van der Waals surface area contributed by atoms with Crippen LogP contribution in [0.2, 0.25) is 0 Å². The first-order valence-electron chi connectivity index (χ1n) is 5.16. The lowest BCUT2D eigenvalue weighted by Crippen LogP contribution is -2.47. The summed E-state index contributed by atoms with van der Waals surface area (Å²) >= 11 is 0. The Hall–Kier alpha value is -2.00. The fourth-order valence-electron chi connectivity index (χ4n) is 1.06. The third-order valence-corrected chi connectivity index (χ3v) is 2.19. The number of carbonyl (C=O) groups is 2. The van der Waals surface area contributed by atoms with Crippen LogP contribution in [0.5, 0.6) is 0 Å². The Morgan fingerprint density at radius 2 is 2.28 bits per heavy atom. The molecule has 1 heterocycles. The maximum atomic E-state index is 11.4. The molecule has 9 heteroatoms. The van der Waals surface area contributed by atoms with Gasteiger partial charge in [-0.05, 0) is 6.92 Å². The molecule has 18 heavy (non-hydrogen) atoms. The summed E-state index contributed by atoms with van der Waals surface area (Å²) in [5.41, 5.74) is 3.87. The molecule has 0 bridgehead atoms. The molecule has 1 atom stereocenters. The fraction of sp³-hybridized carbons (Fsp3) is 0.556. The number of aliphatic carboxylic acids is 1. The molecule has 0 fully saturated rings. The summed E-state index contributed by atoms with van der Waals surface area (Å²) in [4.78, 5) is 22.0. The molecule has 0 aromatic carbocycles. The molecule has 0 spiro atoms. The smallest absolute Gasteiger partial charge is 0.337 e. The van der Waals surface area contributed by atoms with E-state index in [2.05, 4.69) is 15.6 Å². The monoisotopic (exact) mass is 257 g/mol. The third-order valence-electron chi connectivity index (χ3n) is 2.19. The molecule has 0 radical (unpaired) electrons. The Balaban J connectivity index is 2.45. The zero-order chi connectivity index (χ0) is 13.8. The molecule has 1 aromatic rings. The Morgan fingerprint density at radius 3 is 2.78 bits per heavy atom. The molecule has 100 valence electrons. The molecule has 9 nitrogen and oxygen atoms in total. The summed E-state index contributed by atoms with van der Waals surface area (Å²) in [6.45, 7) is 0.801. The minimum absolute atomic E-state index is 0.122. The van der Waals surface area contributed by atoms with Crippen molar-refractivity contribution in [1.82, 2.24) is 20.3 Å². The van der Waals surface area contributed by atoms with Crippen molar-refractivity contribution >= 4 is 11.9 Å². The van der Waals surface area contributed by atoms with E-state index in [9.17, 15) is 14.7 Å². The normalized spacial score (nSPS) is 13.9. The molecule has 0 saturated carbocycles. The highest BCUT2D eigenvalue weighted by atomic mass is 16.4. The van der Waals surface area contributed by atoms with Crippen molar-refractivity contribution in [3.05, 3.63) is 11.9 Å². The number of rotatable bonds is 6. The first-order valence-corrected chi connectivity index (χ1v) is 5.16. The van der Waals surface area contributed by atoms with E-state index < -0.39 is 17.5 Å². The van der Waals surface area contributed by atoms with Crippen molar-refractivity contribution in [1.29, 1.82) is 0 Å². The van der Waals surface area contributed by atoms with Gasteiger partial charge in [0.1, 0.15) is 6.54 Å². The van der Waals surface area contributed by atoms with Gasteiger partial charge in [-0.1, -0.05) is 5.21 Å². The molecule has 0 saturated heterocycles. The van der Waals surface area contributed by atoms with Crippen LogP contribution in [0.15, 0.2) is 6.20 Å². The maximum absolute atomic E-state index is 11.4. The molecular weight excluding hydrogens is 242 g/mol. The van der Waals surface area contributed by atoms with Crippen molar-refractivity contribution in [3.63, 3.8) is 0 Å². The average molecular weight is 257 g/mol.